The summed E-state index contributed by atoms with van der Waals surface area (Å²) in [6, 6.07) is 19.6. The number of nitrogens with one attached hydrogen (secondary N) is 3. The zero-order chi connectivity index (χ0) is 25.9. The molecule has 0 spiro atoms. The van der Waals surface area contributed by atoms with Gasteiger partial charge in [0.1, 0.15) is 0 Å². The van der Waals surface area contributed by atoms with Crippen molar-refractivity contribution in [3.63, 3.8) is 0 Å². The van der Waals surface area contributed by atoms with Crippen molar-refractivity contribution in [3.8, 4) is 0 Å². The van der Waals surface area contributed by atoms with Crippen molar-refractivity contribution in [3.05, 3.63) is 93.9 Å². The van der Waals surface area contributed by atoms with Gasteiger partial charge in [-0.2, -0.15) is 0 Å². The van der Waals surface area contributed by atoms with E-state index in [1.165, 1.54) is 0 Å². The largest absolute Gasteiger partial charge is 0.397 e. The van der Waals surface area contributed by atoms with E-state index in [0.717, 1.165) is 37.0 Å². The van der Waals surface area contributed by atoms with Crippen molar-refractivity contribution < 1.29 is 9.59 Å². The quantitative estimate of drug-likeness (QED) is 0.305. The Kier molecular flexibility index (Phi) is 6.78. The second-order valence-corrected chi connectivity index (χ2v) is 9.39. The molecule has 0 radical (unpaired) electrons. The minimum absolute atomic E-state index is 0.101. The van der Waals surface area contributed by atoms with Gasteiger partial charge in [-0.05, 0) is 67.4 Å². The molecule has 1 saturated heterocycles. The first kappa shape index (κ1) is 24.3. The summed E-state index contributed by atoms with van der Waals surface area (Å²) in [5.74, 6) is -0.413. The molecule has 9 nitrogen and oxygen atoms in total. The highest BCUT2D eigenvalue weighted by Crippen LogP contribution is 2.19. The number of hydrogen-bond donors (Lipinski definition) is 4. The van der Waals surface area contributed by atoms with E-state index < -0.39 is 0 Å². The number of benzene rings is 3. The van der Waals surface area contributed by atoms with E-state index in [0.29, 0.717) is 34.6 Å². The van der Waals surface area contributed by atoms with Gasteiger partial charge in [0.25, 0.3) is 11.8 Å². The molecular weight excluding hydrogens is 468 g/mol. The van der Waals surface area contributed by atoms with Crippen molar-refractivity contribution in [2.75, 3.05) is 24.1 Å². The zero-order valence-electron chi connectivity index (χ0n) is 20.7. The number of carbonyl (C=O) groups is 2. The molecule has 0 aliphatic carbocycles. The van der Waals surface area contributed by atoms with Gasteiger partial charge >= 0.3 is 5.69 Å². The molecule has 1 aliphatic rings. The van der Waals surface area contributed by atoms with Gasteiger partial charge in [-0.15, -0.1) is 0 Å². The lowest BCUT2D eigenvalue weighted by atomic mass is 10.1. The molecule has 1 atom stereocenters. The molecule has 1 aromatic heterocycles. The fraction of sp³-hybridized carbons (Fsp3) is 0.250. The summed E-state index contributed by atoms with van der Waals surface area (Å²) in [6.07, 6.45) is 1.98. The standard InChI is InChI=1S/C28H30N6O3/c1-33-24-13-12-20(27(36)31-21-5-4-14-30-16-21)15-25(24)34(28(33)37)17-18-8-10-19(11-9-18)26(35)32-23-7-3-2-6-22(23)29/h2-3,6-13,15,21,30H,4-5,14,16-17,29H2,1H3,(H,31,36)(H,32,35). The highest BCUT2D eigenvalue weighted by Gasteiger charge is 2.19. The number of nitrogens with zero attached hydrogens (tertiary/aromatic N) is 2. The molecule has 5 rings (SSSR count). The van der Waals surface area contributed by atoms with Crippen LogP contribution < -0.4 is 27.4 Å². The molecule has 1 fully saturated rings. The van der Waals surface area contributed by atoms with Gasteiger partial charge < -0.3 is 21.7 Å². The smallest absolute Gasteiger partial charge is 0.329 e. The minimum atomic E-state index is -0.268. The molecule has 0 bridgehead atoms. The van der Waals surface area contributed by atoms with Crippen molar-refractivity contribution in [2.45, 2.75) is 25.4 Å². The van der Waals surface area contributed by atoms with Crippen LogP contribution in [0.15, 0.2) is 71.5 Å². The summed E-state index contributed by atoms with van der Waals surface area (Å²) in [5.41, 5.74) is 10.1. The van der Waals surface area contributed by atoms with Gasteiger partial charge in [-0.1, -0.05) is 24.3 Å². The Labute approximate surface area is 214 Å². The first-order chi connectivity index (χ1) is 17.9. The highest BCUT2D eigenvalue weighted by molar-refractivity contribution is 6.05. The van der Waals surface area contributed by atoms with E-state index in [4.69, 9.17) is 5.73 Å². The molecule has 4 aromatic rings. The number of aryl methyl sites for hydroxylation is 1. The lowest BCUT2D eigenvalue weighted by Gasteiger charge is -2.23. The third-order valence-corrected chi connectivity index (χ3v) is 6.81. The Bertz CT molecular complexity index is 1510. The summed E-state index contributed by atoms with van der Waals surface area (Å²) in [7, 11) is 1.72. The van der Waals surface area contributed by atoms with E-state index in [1.54, 1.807) is 64.7 Å². The van der Waals surface area contributed by atoms with Crippen molar-refractivity contribution in [1.29, 1.82) is 0 Å². The van der Waals surface area contributed by atoms with Crippen LogP contribution in [0.25, 0.3) is 11.0 Å². The normalized spacial score (nSPS) is 15.4. The second kappa shape index (κ2) is 10.3. The molecule has 0 saturated carbocycles. The summed E-state index contributed by atoms with van der Waals surface area (Å²) < 4.78 is 3.22. The van der Waals surface area contributed by atoms with Crippen LogP contribution in [0.1, 0.15) is 39.1 Å². The molecule has 9 heteroatoms. The maximum Gasteiger partial charge on any atom is 0.329 e. The monoisotopic (exact) mass is 498 g/mol. The maximum absolute atomic E-state index is 13.0. The zero-order valence-corrected chi connectivity index (χ0v) is 20.7. The second-order valence-electron chi connectivity index (χ2n) is 9.39. The fourth-order valence-electron chi connectivity index (χ4n) is 4.70. The average Bonchev–Trinajstić information content (AvgIpc) is 3.15. The third kappa shape index (κ3) is 5.12. The number of amides is 2. The Morgan fingerprint density at radius 1 is 1.00 bits per heavy atom. The Hall–Kier alpha value is -4.37. The highest BCUT2D eigenvalue weighted by atomic mass is 16.2. The Morgan fingerprint density at radius 3 is 2.49 bits per heavy atom. The van der Waals surface area contributed by atoms with E-state index in [1.807, 2.05) is 18.2 Å². The summed E-state index contributed by atoms with van der Waals surface area (Å²) in [6.45, 7) is 2.04. The predicted molar refractivity (Wildman–Crippen MR) is 145 cm³/mol. The molecule has 1 aliphatic heterocycles. The van der Waals surface area contributed by atoms with E-state index >= 15 is 0 Å². The van der Waals surface area contributed by atoms with Crippen LogP contribution in [0.4, 0.5) is 11.4 Å². The number of imidazole rings is 1. The maximum atomic E-state index is 13.0. The van der Waals surface area contributed by atoms with E-state index in [-0.39, 0.29) is 23.5 Å². The number of aromatic nitrogens is 2. The summed E-state index contributed by atoms with van der Waals surface area (Å²) in [5, 5.41) is 9.20. The SMILES string of the molecule is Cn1c(=O)n(Cc2ccc(C(=O)Nc3ccccc3N)cc2)c2cc(C(=O)NC3CCCNC3)ccc21. The number of fused-ring (bicyclic) bond motifs is 1. The van der Waals surface area contributed by atoms with Crippen molar-refractivity contribution in [1.82, 2.24) is 19.8 Å². The molecule has 2 amide bonds. The van der Waals surface area contributed by atoms with Crippen LogP contribution in [-0.4, -0.2) is 40.1 Å². The van der Waals surface area contributed by atoms with Crippen LogP contribution in [0.2, 0.25) is 0 Å². The number of nitrogen functional groups attached to an aromatic ring is 1. The van der Waals surface area contributed by atoms with Crippen LogP contribution in [0.3, 0.4) is 0 Å². The average molecular weight is 499 g/mol. The number of nitrogens with two attached hydrogens (primary N) is 1. The van der Waals surface area contributed by atoms with Crippen LogP contribution in [0, 0.1) is 0 Å². The van der Waals surface area contributed by atoms with Gasteiger partial charge in [0, 0.05) is 30.8 Å². The van der Waals surface area contributed by atoms with Gasteiger partial charge in [-0.3, -0.25) is 18.7 Å². The van der Waals surface area contributed by atoms with Gasteiger partial charge in [-0.25, -0.2) is 4.79 Å². The molecule has 3 aromatic carbocycles. The number of rotatable bonds is 6. The topological polar surface area (TPSA) is 123 Å². The van der Waals surface area contributed by atoms with Crippen molar-refractivity contribution >= 4 is 34.2 Å². The van der Waals surface area contributed by atoms with Gasteiger partial charge in [0.2, 0.25) is 0 Å². The number of piperidine rings is 1. The lowest BCUT2D eigenvalue weighted by Crippen LogP contribution is -2.45. The molecule has 1 unspecified atom stereocenters. The minimum Gasteiger partial charge on any atom is -0.397 e. The lowest BCUT2D eigenvalue weighted by molar-refractivity contribution is 0.0930. The van der Waals surface area contributed by atoms with Crippen LogP contribution in [0.5, 0.6) is 0 Å². The van der Waals surface area contributed by atoms with Crippen molar-refractivity contribution in [2.24, 2.45) is 7.05 Å². The molecule has 2 heterocycles. The van der Waals surface area contributed by atoms with Crippen LogP contribution in [-0.2, 0) is 13.6 Å². The summed E-state index contributed by atoms with van der Waals surface area (Å²) >= 11 is 0. The number of carbonyl (C=O) groups excluding carboxylic acids is 2. The fourth-order valence-corrected chi connectivity index (χ4v) is 4.70. The molecule has 5 N–H and O–H groups in total. The Morgan fingerprint density at radius 2 is 1.76 bits per heavy atom. The van der Waals surface area contributed by atoms with Gasteiger partial charge in [0.15, 0.2) is 0 Å². The van der Waals surface area contributed by atoms with E-state index in [2.05, 4.69) is 16.0 Å². The Balaban J connectivity index is 1.36. The van der Waals surface area contributed by atoms with Gasteiger partial charge in [0.05, 0.1) is 29.0 Å². The first-order valence-corrected chi connectivity index (χ1v) is 12.4. The van der Waals surface area contributed by atoms with E-state index in [9.17, 15) is 14.4 Å². The third-order valence-electron chi connectivity index (χ3n) is 6.81. The number of hydrogen-bond acceptors (Lipinski definition) is 5. The predicted octanol–water partition coefficient (Wildman–Crippen LogP) is 2.70. The first-order valence-electron chi connectivity index (χ1n) is 12.4. The number of para-hydroxylation sites is 2. The number of anilines is 2. The molecule has 37 heavy (non-hydrogen) atoms. The molecular formula is C28H30N6O3. The molecule has 190 valence electrons. The van der Waals surface area contributed by atoms with Crippen LogP contribution >= 0.6 is 0 Å². The summed E-state index contributed by atoms with van der Waals surface area (Å²) in [4.78, 5) is 38.6.